The third kappa shape index (κ3) is 3.53. The summed E-state index contributed by atoms with van der Waals surface area (Å²) in [6.45, 7) is 8.18. The van der Waals surface area contributed by atoms with Gasteiger partial charge >= 0.3 is 0 Å². The van der Waals surface area contributed by atoms with Gasteiger partial charge in [-0.2, -0.15) is 0 Å². The van der Waals surface area contributed by atoms with E-state index in [0.717, 1.165) is 32.4 Å². The first-order valence-electron chi connectivity index (χ1n) is 8.14. The van der Waals surface area contributed by atoms with E-state index in [4.69, 9.17) is 10.5 Å². The average Bonchev–Trinajstić information content (AvgIpc) is 2.47. The fraction of sp³-hybridized carbons (Fsp3) is 0.938. The van der Waals surface area contributed by atoms with E-state index in [1.165, 1.54) is 12.8 Å². The lowest BCUT2D eigenvalue weighted by Gasteiger charge is -2.42. The predicted octanol–water partition coefficient (Wildman–Crippen LogP) is 2.03. The highest BCUT2D eigenvalue weighted by molar-refractivity contribution is 5.83. The number of piperidine rings is 1. The lowest BCUT2D eigenvalue weighted by atomic mass is 9.78. The molecule has 2 aliphatic rings. The second-order valence-corrected chi connectivity index (χ2v) is 6.99. The van der Waals surface area contributed by atoms with Gasteiger partial charge in [-0.05, 0) is 43.9 Å². The summed E-state index contributed by atoms with van der Waals surface area (Å²) >= 11 is 0. The first-order valence-corrected chi connectivity index (χ1v) is 8.14. The van der Waals surface area contributed by atoms with Gasteiger partial charge in [0.15, 0.2) is 0 Å². The standard InChI is InChI=1S/C16H30N2O2/c1-13(2)10-14-4-3-7-18(11-14)15(19)16(12-17)5-8-20-9-6-16/h13-14H,3-12,17H2,1-2H3. The summed E-state index contributed by atoms with van der Waals surface area (Å²) < 4.78 is 5.41. The van der Waals surface area contributed by atoms with E-state index in [1.807, 2.05) is 0 Å². The summed E-state index contributed by atoms with van der Waals surface area (Å²) in [5, 5.41) is 0. The van der Waals surface area contributed by atoms with Crippen LogP contribution in [-0.4, -0.2) is 43.7 Å². The molecule has 2 rings (SSSR count). The van der Waals surface area contributed by atoms with Crippen LogP contribution in [0.2, 0.25) is 0 Å². The van der Waals surface area contributed by atoms with Crippen LogP contribution < -0.4 is 5.73 Å². The Labute approximate surface area is 123 Å². The Morgan fingerprint density at radius 1 is 1.40 bits per heavy atom. The SMILES string of the molecule is CC(C)CC1CCCN(C(=O)C2(CN)CCOCC2)C1. The normalized spacial score (nSPS) is 26.8. The highest BCUT2D eigenvalue weighted by Crippen LogP contribution is 2.34. The number of hydrogen-bond donors (Lipinski definition) is 1. The highest BCUT2D eigenvalue weighted by atomic mass is 16.5. The van der Waals surface area contributed by atoms with E-state index in [1.54, 1.807) is 0 Å². The van der Waals surface area contributed by atoms with Crippen molar-refractivity contribution in [2.45, 2.75) is 46.0 Å². The topological polar surface area (TPSA) is 55.6 Å². The molecule has 2 fully saturated rings. The quantitative estimate of drug-likeness (QED) is 0.858. The Hall–Kier alpha value is -0.610. The number of carbonyl (C=O) groups excluding carboxylic acids is 1. The lowest BCUT2D eigenvalue weighted by Crippen LogP contribution is -2.53. The molecule has 0 aromatic heterocycles. The van der Waals surface area contributed by atoms with Crippen LogP contribution in [0, 0.1) is 17.3 Å². The van der Waals surface area contributed by atoms with Gasteiger partial charge in [-0.3, -0.25) is 4.79 Å². The highest BCUT2D eigenvalue weighted by Gasteiger charge is 2.42. The van der Waals surface area contributed by atoms with Crippen molar-refractivity contribution < 1.29 is 9.53 Å². The van der Waals surface area contributed by atoms with Gasteiger partial charge in [0.25, 0.3) is 0 Å². The molecule has 0 radical (unpaired) electrons. The van der Waals surface area contributed by atoms with Crippen LogP contribution in [0.15, 0.2) is 0 Å². The molecule has 1 unspecified atom stereocenters. The average molecular weight is 282 g/mol. The van der Waals surface area contributed by atoms with Crippen molar-refractivity contribution >= 4 is 5.91 Å². The van der Waals surface area contributed by atoms with E-state index in [-0.39, 0.29) is 11.3 Å². The molecule has 0 aromatic carbocycles. The molecule has 1 amide bonds. The van der Waals surface area contributed by atoms with Gasteiger partial charge < -0.3 is 15.4 Å². The van der Waals surface area contributed by atoms with Crippen LogP contribution in [0.1, 0.15) is 46.0 Å². The maximum atomic E-state index is 12.9. The zero-order chi connectivity index (χ0) is 14.6. The first-order chi connectivity index (χ1) is 9.57. The Kier molecular flexibility index (Phi) is 5.44. The fourth-order valence-corrected chi connectivity index (χ4v) is 3.71. The van der Waals surface area contributed by atoms with Crippen LogP contribution in [-0.2, 0) is 9.53 Å². The van der Waals surface area contributed by atoms with E-state index in [0.29, 0.717) is 31.6 Å². The van der Waals surface area contributed by atoms with Gasteiger partial charge in [0.1, 0.15) is 0 Å². The third-order valence-corrected chi connectivity index (χ3v) is 4.91. The van der Waals surface area contributed by atoms with Crippen LogP contribution in [0.25, 0.3) is 0 Å². The molecule has 2 heterocycles. The number of nitrogens with zero attached hydrogens (tertiary/aromatic N) is 1. The number of ether oxygens (including phenoxy) is 1. The molecule has 0 bridgehead atoms. The van der Waals surface area contributed by atoms with Gasteiger partial charge in [0.2, 0.25) is 5.91 Å². The molecule has 4 heteroatoms. The zero-order valence-corrected chi connectivity index (χ0v) is 13.1. The van der Waals surface area contributed by atoms with E-state index >= 15 is 0 Å². The molecule has 2 saturated heterocycles. The zero-order valence-electron chi connectivity index (χ0n) is 13.1. The monoisotopic (exact) mass is 282 g/mol. The minimum Gasteiger partial charge on any atom is -0.381 e. The van der Waals surface area contributed by atoms with Gasteiger partial charge in [-0.25, -0.2) is 0 Å². The molecule has 2 aliphatic heterocycles. The number of nitrogens with two attached hydrogens (primary N) is 1. The van der Waals surface area contributed by atoms with E-state index in [2.05, 4.69) is 18.7 Å². The molecule has 0 aromatic rings. The van der Waals surface area contributed by atoms with Crippen molar-refractivity contribution in [3.8, 4) is 0 Å². The Morgan fingerprint density at radius 2 is 2.10 bits per heavy atom. The first kappa shape index (κ1) is 15.8. The molecule has 0 saturated carbocycles. The van der Waals surface area contributed by atoms with Gasteiger partial charge in [-0.1, -0.05) is 13.8 Å². The summed E-state index contributed by atoms with van der Waals surface area (Å²) in [4.78, 5) is 15.0. The van der Waals surface area contributed by atoms with Crippen molar-refractivity contribution in [2.75, 3.05) is 32.8 Å². The molecular formula is C16H30N2O2. The van der Waals surface area contributed by atoms with Crippen molar-refractivity contribution in [2.24, 2.45) is 23.0 Å². The number of hydrogen-bond acceptors (Lipinski definition) is 3. The van der Waals surface area contributed by atoms with Crippen LogP contribution >= 0.6 is 0 Å². The summed E-state index contributed by atoms with van der Waals surface area (Å²) in [5.41, 5.74) is 5.61. The Morgan fingerprint density at radius 3 is 2.70 bits per heavy atom. The van der Waals surface area contributed by atoms with Crippen molar-refractivity contribution in [1.29, 1.82) is 0 Å². The molecule has 1 atom stereocenters. The second kappa shape index (κ2) is 6.90. The summed E-state index contributed by atoms with van der Waals surface area (Å²) in [7, 11) is 0. The molecule has 2 N–H and O–H groups in total. The molecule has 4 nitrogen and oxygen atoms in total. The van der Waals surface area contributed by atoms with Crippen molar-refractivity contribution in [3.63, 3.8) is 0 Å². The Balaban J connectivity index is 1.99. The van der Waals surface area contributed by atoms with Crippen molar-refractivity contribution in [3.05, 3.63) is 0 Å². The summed E-state index contributed by atoms with van der Waals surface area (Å²) in [5.74, 6) is 1.67. The maximum Gasteiger partial charge on any atom is 0.230 e. The molecule has 0 aliphatic carbocycles. The van der Waals surface area contributed by atoms with E-state index in [9.17, 15) is 4.79 Å². The largest absolute Gasteiger partial charge is 0.381 e. The molecule has 116 valence electrons. The molecule has 20 heavy (non-hydrogen) atoms. The minimum absolute atomic E-state index is 0.289. The number of carbonyl (C=O) groups is 1. The number of rotatable bonds is 4. The van der Waals surface area contributed by atoms with Crippen LogP contribution in [0.5, 0.6) is 0 Å². The Bertz CT molecular complexity index is 324. The van der Waals surface area contributed by atoms with Gasteiger partial charge in [0, 0.05) is 32.8 Å². The minimum atomic E-state index is -0.349. The van der Waals surface area contributed by atoms with Gasteiger partial charge in [-0.15, -0.1) is 0 Å². The second-order valence-electron chi connectivity index (χ2n) is 6.99. The van der Waals surface area contributed by atoms with Crippen LogP contribution in [0.3, 0.4) is 0 Å². The maximum absolute atomic E-state index is 12.9. The van der Waals surface area contributed by atoms with Gasteiger partial charge in [0.05, 0.1) is 5.41 Å². The van der Waals surface area contributed by atoms with Crippen LogP contribution in [0.4, 0.5) is 0 Å². The summed E-state index contributed by atoms with van der Waals surface area (Å²) in [6, 6.07) is 0. The van der Waals surface area contributed by atoms with E-state index < -0.39 is 0 Å². The number of likely N-dealkylation sites (tertiary alicyclic amines) is 1. The fourth-order valence-electron chi connectivity index (χ4n) is 3.71. The smallest absolute Gasteiger partial charge is 0.230 e. The summed E-state index contributed by atoms with van der Waals surface area (Å²) in [6.07, 6.45) is 5.20. The van der Waals surface area contributed by atoms with Crippen molar-refractivity contribution in [1.82, 2.24) is 4.90 Å². The lowest BCUT2D eigenvalue weighted by molar-refractivity contribution is -0.149. The molecule has 0 spiro atoms. The third-order valence-electron chi connectivity index (χ3n) is 4.91. The predicted molar refractivity (Wildman–Crippen MR) is 80.3 cm³/mol. The number of amides is 1. The molecular weight excluding hydrogens is 252 g/mol.